The van der Waals surface area contributed by atoms with Crippen LogP contribution in [0.2, 0.25) is 5.02 Å². The van der Waals surface area contributed by atoms with Crippen LogP contribution >= 0.6 is 22.9 Å². The molecule has 0 amide bonds. The summed E-state index contributed by atoms with van der Waals surface area (Å²) in [7, 11) is 0. The molecule has 27 heavy (non-hydrogen) atoms. The van der Waals surface area contributed by atoms with Crippen LogP contribution < -0.4 is 5.56 Å². The molecule has 0 unspecified atom stereocenters. The van der Waals surface area contributed by atoms with E-state index in [0.29, 0.717) is 32.1 Å². The number of carboxylic acids is 1. The predicted molar refractivity (Wildman–Crippen MR) is 105 cm³/mol. The van der Waals surface area contributed by atoms with Gasteiger partial charge in [-0.15, -0.1) is 11.3 Å². The number of hydrogen-bond donors (Lipinski definition) is 1. The summed E-state index contributed by atoms with van der Waals surface area (Å²) in [6.07, 6.45) is 0. The van der Waals surface area contributed by atoms with Crippen LogP contribution in [-0.4, -0.2) is 15.6 Å². The van der Waals surface area contributed by atoms with E-state index in [0.717, 1.165) is 11.3 Å². The maximum atomic E-state index is 13.3. The quantitative estimate of drug-likeness (QED) is 0.514. The summed E-state index contributed by atoms with van der Waals surface area (Å²) in [6.45, 7) is 0. The summed E-state index contributed by atoms with van der Waals surface area (Å²) >= 11 is 7.05. The largest absolute Gasteiger partial charge is 0.477 e. The van der Waals surface area contributed by atoms with Crippen LogP contribution in [0.3, 0.4) is 0 Å². The van der Waals surface area contributed by atoms with Gasteiger partial charge >= 0.3 is 5.97 Å². The second kappa shape index (κ2) is 6.64. The smallest absolute Gasteiger partial charge is 0.346 e. The molecule has 4 rings (SSSR count). The number of rotatable bonds is 3. The van der Waals surface area contributed by atoms with Gasteiger partial charge in [-0.2, -0.15) is 0 Å². The third-order valence-electron chi connectivity index (χ3n) is 4.14. The number of benzene rings is 2. The number of carboxylic acid groups (broad SMARTS) is 1. The molecule has 0 aliphatic heterocycles. The van der Waals surface area contributed by atoms with E-state index in [9.17, 15) is 19.1 Å². The molecular weight excluding hydrogens is 389 g/mol. The maximum absolute atomic E-state index is 13.3. The van der Waals surface area contributed by atoms with Crippen molar-refractivity contribution in [1.29, 1.82) is 0 Å². The standard InChI is InChI=1S/C20H11ClFNO3S/c21-12-2-1-3-14(10-12)23-16(24)9-8-15-17(11-4-6-13(22)7-5-11)18(20(25)26)27-19(15)23/h1-10H,(H,25,26). The lowest BCUT2D eigenvalue weighted by atomic mass is 10.0. The van der Waals surface area contributed by atoms with Gasteiger partial charge in [0.2, 0.25) is 0 Å². The fourth-order valence-corrected chi connectivity index (χ4v) is 4.36. The summed E-state index contributed by atoms with van der Waals surface area (Å²) in [4.78, 5) is 25.0. The highest BCUT2D eigenvalue weighted by atomic mass is 35.5. The van der Waals surface area contributed by atoms with Crippen LogP contribution in [0.25, 0.3) is 27.0 Å². The minimum atomic E-state index is -1.11. The van der Waals surface area contributed by atoms with Crippen molar-refractivity contribution in [2.24, 2.45) is 0 Å². The zero-order chi connectivity index (χ0) is 19.1. The molecule has 4 aromatic rings. The van der Waals surface area contributed by atoms with Crippen molar-refractivity contribution in [3.8, 4) is 16.8 Å². The number of aromatic nitrogens is 1. The molecule has 0 atom stereocenters. The number of nitrogens with zero attached hydrogens (tertiary/aromatic N) is 1. The average Bonchev–Trinajstić information content (AvgIpc) is 3.02. The van der Waals surface area contributed by atoms with Crippen molar-refractivity contribution >= 4 is 39.1 Å². The van der Waals surface area contributed by atoms with Crippen molar-refractivity contribution in [2.45, 2.75) is 0 Å². The Labute approximate surface area is 161 Å². The Morgan fingerprint density at radius 2 is 1.81 bits per heavy atom. The first-order valence-corrected chi connectivity index (χ1v) is 9.09. The third kappa shape index (κ3) is 3.03. The minimum Gasteiger partial charge on any atom is -0.477 e. The van der Waals surface area contributed by atoms with Crippen LogP contribution in [0.5, 0.6) is 0 Å². The summed E-state index contributed by atoms with van der Waals surface area (Å²) in [5.74, 6) is -1.52. The van der Waals surface area contributed by atoms with E-state index in [1.807, 2.05) is 0 Å². The highest BCUT2D eigenvalue weighted by Crippen LogP contribution is 2.39. The van der Waals surface area contributed by atoms with Crippen LogP contribution in [0, 0.1) is 5.82 Å². The zero-order valence-electron chi connectivity index (χ0n) is 13.6. The van der Waals surface area contributed by atoms with Gasteiger partial charge < -0.3 is 5.11 Å². The number of halogens is 2. The molecule has 0 aliphatic rings. The van der Waals surface area contributed by atoms with Gasteiger partial charge in [0.1, 0.15) is 15.5 Å². The van der Waals surface area contributed by atoms with E-state index >= 15 is 0 Å². The van der Waals surface area contributed by atoms with Crippen molar-refractivity contribution in [2.75, 3.05) is 0 Å². The number of fused-ring (bicyclic) bond motifs is 1. The molecule has 7 heteroatoms. The molecule has 1 N–H and O–H groups in total. The average molecular weight is 400 g/mol. The molecular formula is C20H11ClFNO3S. The normalized spacial score (nSPS) is 11.0. The first-order chi connectivity index (χ1) is 13.0. The van der Waals surface area contributed by atoms with E-state index in [-0.39, 0.29) is 10.4 Å². The number of aromatic carboxylic acids is 1. The number of carbonyl (C=O) groups is 1. The van der Waals surface area contributed by atoms with Gasteiger partial charge in [0.25, 0.3) is 5.56 Å². The highest BCUT2D eigenvalue weighted by Gasteiger charge is 2.22. The van der Waals surface area contributed by atoms with Gasteiger partial charge in [-0.3, -0.25) is 9.36 Å². The Hall–Kier alpha value is -2.96. The van der Waals surface area contributed by atoms with E-state index < -0.39 is 11.8 Å². The first kappa shape index (κ1) is 17.5. The lowest BCUT2D eigenvalue weighted by Gasteiger charge is -2.08. The van der Waals surface area contributed by atoms with E-state index in [2.05, 4.69) is 0 Å². The van der Waals surface area contributed by atoms with E-state index in [4.69, 9.17) is 11.6 Å². The van der Waals surface area contributed by atoms with Gasteiger partial charge in [-0.25, -0.2) is 9.18 Å². The van der Waals surface area contributed by atoms with Crippen molar-refractivity contribution in [3.63, 3.8) is 0 Å². The number of thiophene rings is 1. The predicted octanol–water partition coefficient (Wildman–Crippen LogP) is 5.21. The van der Waals surface area contributed by atoms with Gasteiger partial charge in [0.05, 0.1) is 5.69 Å². The monoisotopic (exact) mass is 399 g/mol. The molecule has 4 nitrogen and oxygen atoms in total. The summed E-state index contributed by atoms with van der Waals surface area (Å²) in [5.41, 5.74) is 1.27. The van der Waals surface area contributed by atoms with E-state index in [1.165, 1.54) is 34.9 Å². The topological polar surface area (TPSA) is 59.3 Å². The Bertz CT molecular complexity index is 1240. The lowest BCUT2D eigenvalue weighted by Crippen LogP contribution is -2.16. The molecule has 0 saturated heterocycles. The molecule has 0 bridgehead atoms. The molecule has 0 radical (unpaired) electrons. The molecule has 0 fully saturated rings. The minimum absolute atomic E-state index is 0.0815. The van der Waals surface area contributed by atoms with Crippen LogP contribution in [-0.2, 0) is 0 Å². The third-order valence-corrected chi connectivity index (χ3v) is 5.55. The molecule has 134 valence electrons. The number of pyridine rings is 1. The maximum Gasteiger partial charge on any atom is 0.346 e. The second-order valence-corrected chi connectivity index (χ2v) is 7.26. The van der Waals surface area contributed by atoms with Gasteiger partial charge in [-0.1, -0.05) is 29.8 Å². The Kier molecular flexibility index (Phi) is 4.30. The summed E-state index contributed by atoms with van der Waals surface area (Å²) < 4.78 is 14.7. The van der Waals surface area contributed by atoms with Crippen molar-refractivity contribution in [3.05, 3.63) is 86.7 Å². The lowest BCUT2D eigenvalue weighted by molar-refractivity contribution is 0.0703. The molecule has 2 aromatic heterocycles. The first-order valence-electron chi connectivity index (χ1n) is 7.89. The fraction of sp³-hybridized carbons (Fsp3) is 0. The molecule has 2 aromatic carbocycles. The van der Waals surface area contributed by atoms with Crippen molar-refractivity contribution in [1.82, 2.24) is 4.57 Å². The zero-order valence-corrected chi connectivity index (χ0v) is 15.2. The van der Waals surface area contributed by atoms with Crippen LogP contribution in [0.4, 0.5) is 4.39 Å². The SMILES string of the molecule is O=C(O)c1sc2c(ccc(=O)n2-c2cccc(Cl)c2)c1-c1ccc(F)cc1. The Morgan fingerprint density at radius 3 is 2.48 bits per heavy atom. The summed E-state index contributed by atoms with van der Waals surface area (Å²) in [5, 5.41) is 10.7. The molecule has 0 spiro atoms. The van der Waals surface area contributed by atoms with Crippen LogP contribution in [0.15, 0.2) is 65.5 Å². The second-order valence-electron chi connectivity index (χ2n) is 5.82. The molecule has 0 aliphatic carbocycles. The van der Waals surface area contributed by atoms with Gasteiger partial charge in [0, 0.05) is 22.0 Å². The van der Waals surface area contributed by atoms with Crippen molar-refractivity contribution < 1.29 is 14.3 Å². The van der Waals surface area contributed by atoms with Crippen LogP contribution in [0.1, 0.15) is 9.67 Å². The van der Waals surface area contributed by atoms with E-state index in [1.54, 1.807) is 30.3 Å². The van der Waals surface area contributed by atoms with Gasteiger partial charge in [0.15, 0.2) is 0 Å². The summed E-state index contributed by atoms with van der Waals surface area (Å²) in [6, 6.07) is 15.4. The molecule has 0 saturated carbocycles. The van der Waals surface area contributed by atoms with Gasteiger partial charge in [-0.05, 0) is 42.0 Å². The Balaban J connectivity index is 2.10. The number of hydrogen-bond acceptors (Lipinski definition) is 3. The highest BCUT2D eigenvalue weighted by molar-refractivity contribution is 7.21. The molecule has 2 heterocycles. The fourth-order valence-electron chi connectivity index (χ4n) is 3.00. The Morgan fingerprint density at radius 1 is 1.07 bits per heavy atom.